The Kier molecular flexibility index (Phi) is 4.57. The molecule has 2 rings (SSSR count). The van der Waals surface area contributed by atoms with Crippen LogP contribution in [0.5, 0.6) is 0 Å². The van der Waals surface area contributed by atoms with Crippen LogP contribution in [0.1, 0.15) is 13.8 Å². The van der Waals surface area contributed by atoms with Crippen molar-refractivity contribution >= 4 is 41.3 Å². The van der Waals surface area contributed by atoms with Crippen LogP contribution in [0.2, 0.25) is 0 Å². The molecule has 0 bridgehead atoms. The molecule has 3 unspecified atom stereocenters. The van der Waals surface area contributed by atoms with E-state index in [2.05, 4.69) is 11.9 Å². The van der Waals surface area contributed by atoms with Crippen LogP contribution in [-0.4, -0.2) is 61.5 Å². The largest absolute Gasteiger partial charge is 0.480 e. The molecule has 0 saturated carbocycles. The molecule has 0 aromatic carbocycles. The molecule has 2 amide bonds. The van der Waals surface area contributed by atoms with Gasteiger partial charge in [-0.1, -0.05) is 6.08 Å². The molecular formula is C13H18N2O4S2. The molecule has 2 fully saturated rings. The number of β-lactam (4-membered cyclic amide) rings is 1. The number of carbonyl (C=O) groups excluding carboxylic acids is 2. The van der Waals surface area contributed by atoms with Crippen molar-refractivity contribution in [3.8, 4) is 0 Å². The van der Waals surface area contributed by atoms with Crippen molar-refractivity contribution in [2.45, 2.75) is 36.1 Å². The summed E-state index contributed by atoms with van der Waals surface area (Å²) in [7, 11) is 0. The Morgan fingerprint density at radius 1 is 1.57 bits per heavy atom. The average molecular weight is 330 g/mol. The summed E-state index contributed by atoms with van der Waals surface area (Å²) in [5.41, 5.74) is 0. The Morgan fingerprint density at radius 2 is 2.24 bits per heavy atom. The normalized spacial score (nSPS) is 29.5. The Labute approximate surface area is 131 Å². The first kappa shape index (κ1) is 16.2. The summed E-state index contributed by atoms with van der Waals surface area (Å²) in [4.78, 5) is 36.6. The number of thioether (sulfide) groups is 2. The third-order valence-corrected chi connectivity index (χ3v) is 5.97. The molecule has 2 aliphatic heterocycles. The van der Waals surface area contributed by atoms with E-state index >= 15 is 0 Å². The fourth-order valence-corrected chi connectivity index (χ4v) is 4.77. The van der Waals surface area contributed by atoms with Gasteiger partial charge in [0.15, 0.2) is 0 Å². The third kappa shape index (κ3) is 2.91. The van der Waals surface area contributed by atoms with Gasteiger partial charge >= 0.3 is 5.97 Å². The van der Waals surface area contributed by atoms with Crippen LogP contribution in [-0.2, 0) is 14.4 Å². The molecular weight excluding hydrogens is 312 g/mol. The Balaban J connectivity index is 1.98. The first-order valence-corrected chi connectivity index (χ1v) is 8.54. The van der Waals surface area contributed by atoms with Gasteiger partial charge in [0.05, 0.1) is 5.75 Å². The molecule has 0 radical (unpaired) electrons. The van der Waals surface area contributed by atoms with Crippen LogP contribution in [0.25, 0.3) is 0 Å². The molecule has 2 saturated heterocycles. The maximum absolute atomic E-state index is 12.1. The molecule has 0 aliphatic carbocycles. The van der Waals surface area contributed by atoms with Gasteiger partial charge in [-0.3, -0.25) is 9.59 Å². The number of carboxylic acids is 1. The number of hydrogen-bond donors (Lipinski definition) is 2. The average Bonchev–Trinajstić information content (AvgIpc) is 2.65. The van der Waals surface area contributed by atoms with Crippen LogP contribution in [0.3, 0.4) is 0 Å². The molecule has 0 aromatic heterocycles. The van der Waals surface area contributed by atoms with Crippen molar-refractivity contribution in [2.24, 2.45) is 0 Å². The highest BCUT2D eigenvalue weighted by Crippen LogP contribution is 2.50. The predicted octanol–water partition coefficient (Wildman–Crippen LogP) is 0.537. The topological polar surface area (TPSA) is 86.7 Å². The smallest absolute Gasteiger partial charge is 0.327 e. The second-order valence-electron chi connectivity index (χ2n) is 5.45. The van der Waals surface area contributed by atoms with E-state index in [0.717, 1.165) is 0 Å². The molecule has 2 N–H and O–H groups in total. The molecule has 2 heterocycles. The van der Waals surface area contributed by atoms with Crippen LogP contribution in [0.15, 0.2) is 12.7 Å². The number of fused-ring (bicyclic) bond motifs is 1. The fraction of sp³-hybridized carbons (Fsp3) is 0.615. The van der Waals surface area contributed by atoms with E-state index in [1.807, 2.05) is 0 Å². The lowest BCUT2D eigenvalue weighted by atomic mass is 9.96. The second-order valence-corrected chi connectivity index (χ2v) is 8.25. The van der Waals surface area contributed by atoms with Crippen molar-refractivity contribution in [3.63, 3.8) is 0 Å². The summed E-state index contributed by atoms with van der Waals surface area (Å²) in [6, 6.07) is -1.46. The second kappa shape index (κ2) is 5.92. The van der Waals surface area contributed by atoms with E-state index in [1.54, 1.807) is 19.9 Å². The van der Waals surface area contributed by atoms with Gasteiger partial charge < -0.3 is 15.3 Å². The monoisotopic (exact) mass is 330 g/mol. The first-order chi connectivity index (χ1) is 9.79. The number of hydrogen-bond acceptors (Lipinski definition) is 5. The van der Waals surface area contributed by atoms with Gasteiger partial charge in [0.1, 0.15) is 17.5 Å². The van der Waals surface area contributed by atoms with Gasteiger partial charge in [0.25, 0.3) is 0 Å². The zero-order valence-corrected chi connectivity index (χ0v) is 13.5. The molecule has 116 valence electrons. The number of carbonyl (C=O) groups is 3. The molecule has 2 aliphatic rings. The number of amides is 2. The van der Waals surface area contributed by atoms with E-state index in [4.69, 9.17) is 0 Å². The van der Waals surface area contributed by atoms with Gasteiger partial charge in [-0.15, -0.1) is 30.1 Å². The Morgan fingerprint density at radius 3 is 2.81 bits per heavy atom. The van der Waals surface area contributed by atoms with Crippen LogP contribution in [0.4, 0.5) is 0 Å². The Bertz CT molecular complexity index is 495. The minimum Gasteiger partial charge on any atom is -0.480 e. The van der Waals surface area contributed by atoms with Crippen molar-refractivity contribution in [1.29, 1.82) is 0 Å². The van der Waals surface area contributed by atoms with E-state index in [9.17, 15) is 19.5 Å². The lowest BCUT2D eigenvalue weighted by molar-refractivity contribution is -0.160. The lowest BCUT2D eigenvalue weighted by Crippen LogP contribution is -2.70. The quantitative estimate of drug-likeness (QED) is 0.420. The fourth-order valence-electron chi connectivity index (χ4n) is 2.60. The highest BCUT2D eigenvalue weighted by atomic mass is 32.2. The first-order valence-electron chi connectivity index (χ1n) is 6.50. The van der Waals surface area contributed by atoms with Gasteiger partial charge in [-0.25, -0.2) is 4.79 Å². The van der Waals surface area contributed by atoms with Gasteiger partial charge in [0, 0.05) is 10.5 Å². The number of rotatable bonds is 6. The van der Waals surface area contributed by atoms with Crippen molar-refractivity contribution in [1.82, 2.24) is 10.2 Å². The maximum Gasteiger partial charge on any atom is 0.327 e. The molecule has 3 atom stereocenters. The van der Waals surface area contributed by atoms with E-state index in [0.29, 0.717) is 5.75 Å². The zero-order chi connectivity index (χ0) is 15.8. The van der Waals surface area contributed by atoms with Gasteiger partial charge in [-0.05, 0) is 13.8 Å². The highest BCUT2D eigenvalue weighted by Gasteiger charge is 2.64. The molecule has 8 heteroatoms. The van der Waals surface area contributed by atoms with Crippen molar-refractivity contribution in [3.05, 3.63) is 12.7 Å². The molecule has 6 nitrogen and oxygen atoms in total. The summed E-state index contributed by atoms with van der Waals surface area (Å²) in [5, 5.41) is 11.7. The summed E-state index contributed by atoms with van der Waals surface area (Å²) in [6.45, 7) is 7.18. The van der Waals surface area contributed by atoms with Crippen LogP contribution < -0.4 is 5.32 Å². The summed E-state index contributed by atoms with van der Waals surface area (Å²) < 4.78 is -0.566. The number of nitrogens with one attached hydrogen (secondary N) is 1. The van der Waals surface area contributed by atoms with Crippen LogP contribution in [0, 0.1) is 0 Å². The minimum atomic E-state index is -1.00. The summed E-state index contributed by atoms with van der Waals surface area (Å²) in [6.07, 6.45) is 1.71. The third-order valence-electron chi connectivity index (χ3n) is 3.46. The summed E-state index contributed by atoms with van der Waals surface area (Å²) >= 11 is 2.84. The van der Waals surface area contributed by atoms with E-state index in [1.165, 1.54) is 28.4 Å². The maximum atomic E-state index is 12.1. The standard InChI is InChI=1S/C13H18N2O4S2/c1-4-5-20-6-7(16)14-8-10(17)15-9(12(18)19)13(2,3)21-11(8)15/h4,8-9,11H,1,5-6H2,2-3H3,(H,14,16)(H,18,19). The molecule has 0 spiro atoms. The number of aliphatic carboxylic acids is 1. The van der Waals surface area contributed by atoms with Crippen molar-refractivity contribution < 1.29 is 19.5 Å². The van der Waals surface area contributed by atoms with Gasteiger partial charge in [-0.2, -0.15) is 0 Å². The molecule has 0 aromatic rings. The minimum absolute atomic E-state index is 0.211. The Hall–Kier alpha value is -1.15. The number of carboxylic acid groups (broad SMARTS) is 1. The molecule has 21 heavy (non-hydrogen) atoms. The lowest BCUT2D eigenvalue weighted by Gasteiger charge is -2.43. The SMILES string of the molecule is C=CCSCC(=O)NC1C(=O)N2C1SC(C)(C)C2C(=O)O. The van der Waals surface area contributed by atoms with Crippen molar-refractivity contribution in [2.75, 3.05) is 11.5 Å². The number of nitrogens with zero attached hydrogens (tertiary/aromatic N) is 1. The predicted molar refractivity (Wildman–Crippen MR) is 83.2 cm³/mol. The van der Waals surface area contributed by atoms with Gasteiger partial charge in [0.2, 0.25) is 11.8 Å². The highest BCUT2D eigenvalue weighted by molar-refractivity contribution is 8.01. The van der Waals surface area contributed by atoms with E-state index < -0.39 is 22.8 Å². The summed E-state index contributed by atoms with van der Waals surface area (Å²) in [5.74, 6) is -0.595. The van der Waals surface area contributed by atoms with Crippen LogP contribution >= 0.6 is 23.5 Å². The van der Waals surface area contributed by atoms with E-state index in [-0.39, 0.29) is 22.9 Å². The zero-order valence-electron chi connectivity index (χ0n) is 11.9.